The maximum absolute atomic E-state index is 14.5. The number of hydrogen-bond acceptors (Lipinski definition) is 10. The topological polar surface area (TPSA) is 185 Å². The Labute approximate surface area is 307 Å². The summed E-state index contributed by atoms with van der Waals surface area (Å²) in [6.07, 6.45) is 4.87. The molecule has 52 heavy (non-hydrogen) atoms. The van der Waals surface area contributed by atoms with Crippen molar-refractivity contribution in [3.63, 3.8) is 0 Å². The van der Waals surface area contributed by atoms with Crippen molar-refractivity contribution in [1.29, 1.82) is 0 Å². The fourth-order valence-electron chi connectivity index (χ4n) is 6.21. The number of nitrogens with one attached hydrogen (secondary N) is 4. The number of aromatic nitrogens is 3. The molecule has 1 saturated heterocycles. The summed E-state index contributed by atoms with van der Waals surface area (Å²) >= 11 is 1.43. The number of urea groups is 1. The normalized spacial score (nSPS) is 20.2. The van der Waals surface area contributed by atoms with E-state index >= 15 is 0 Å². The van der Waals surface area contributed by atoms with Crippen molar-refractivity contribution < 1.29 is 28.7 Å². The van der Waals surface area contributed by atoms with Gasteiger partial charge in [-0.2, -0.15) is 4.98 Å². The lowest BCUT2D eigenvalue weighted by molar-refractivity contribution is -0.144. The summed E-state index contributed by atoms with van der Waals surface area (Å²) in [6, 6.07) is 3.65. The number of Topliss-reactive ketones (excluding diaryl/α,β-unsaturated/α-hetero) is 1. The van der Waals surface area contributed by atoms with Crippen LogP contribution in [0.2, 0.25) is 0 Å². The summed E-state index contributed by atoms with van der Waals surface area (Å²) < 4.78 is 6.52. The SMILES string of the molecule is CC(C)(C)NC(=O)N[C@H](C(=O)N1C[C@H](Oc2nc(-c3ccccn3)nc3sccc23)C[C@H]1C(=O)N[C@@H](CC1CC1)C(=O)C(=O)NC1CC1)C(C)(C)C. The van der Waals surface area contributed by atoms with Crippen LogP contribution in [0, 0.1) is 11.3 Å². The van der Waals surface area contributed by atoms with E-state index in [2.05, 4.69) is 31.2 Å². The van der Waals surface area contributed by atoms with Gasteiger partial charge in [0.2, 0.25) is 23.5 Å². The third-order valence-electron chi connectivity index (χ3n) is 9.22. The van der Waals surface area contributed by atoms with Gasteiger partial charge < -0.3 is 30.9 Å². The first-order valence-corrected chi connectivity index (χ1v) is 18.8. The lowest BCUT2D eigenvalue weighted by Gasteiger charge is -2.36. The van der Waals surface area contributed by atoms with Crippen molar-refractivity contribution >= 4 is 51.1 Å². The van der Waals surface area contributed by atoms with Gasteiger partial charge in [0.1, 0.15) is 28.7 Å². The van der Waals surface area contributed by atoms with Gasteiger partial charge >= 0.3 is 6.03 Å². The smallest absolute Gasteiger partial charge is 0.315 e. The molecule has 2 saturated carbocycles. The van der Waals surface area contributed by atoms with Crippen LogP contribution in [-0.4, -0.2) is 91.7 Å². The van der Waals surface area contributed by atoms with Crippen LogP contribution in [0.1, 0.15) is 80.1 Å². The monoisotopic (exact) mass is 732 g/mol. The summed E-state index contributed by atoms with van der Waals surface area (Å²) in [7, 11) is 0. The number of rotatable bonds is 12. The van der Waals surface area contributed by atoms with Crippen molar-refractivity contribution in [1.82, 2.24) is 41.1 Å². The zero-order chi connectivity index (χ0) is 37.4. The third-order valence-corrected chi connectivity index (χ3v) is 10.0. The minimum absolute atomic E-state index is 0.00400. The molecule has 4 N–H and O–H groups in total. The van der Waals surface area contributed by atoms with Crippen molar-refractivity contribution in [2.75, 3.05) is 6.54 Å². The average molecular weight is 733 g/mol. The molecule has 0 radical (unpaired) electrons. The predicted octanol–water partition coefficient (Wildman–Crippen LogP) is 3.75. The molecule has 0 spiro atoms. The second-order valence-corrected chi connectivity index (χ2v) is 17.1. The van der Waals surface area contributed by atoms with E-state index in [9.17, 15) is 24.0 Å². The molecule has 0 bridgehead atoms. The molecule has 3 aliphatic rings. The van der Waals surface area contributed by atoms with Gasteiger partial charge in [0.25, 0.3) is 5.91 Å². The highest BCUT2D eigenvalue weighted by Crippen LogP contribution is 2.35. The molecule has 3 fully saturated rings. The van der Waals surface area contributed by atoms with Crippen molar-refractivity contribution in [2.24, 2.45) is 11.3 Å². The largest absolute Gasteiger partial charge is 0.472 e. The molecule has 2 aliphatic carbocycles. The summed E-state index contributed by atoms with van der Waals surface area (Å²) in [5.74, 6) is -1.54. The number of thiophene rings is 1. The molecule has 0 aromatic carbocycles. The molecule has 3 aromatic rings. The summed E-state index contributed by atoms with van der Waals surface area (Å²) in [6.45, 7) is 11.0. The Bertz CT molecular complexity index is 1830. The van der Waals surface area contributed by atoms with Crippen LogP contribution in [0.25, 0.3) is 21.7 Å². The van der Waals surface area contributed by atoms with E-state index < -0.39 is 64.7 Å². The van der Waals surface area contributed by atoms with Gasteiger partial charge in [-0.25, -0.2) is 9.78 Å². The van der Waals surface area contributed by atoms with Crippen LogP contribution in [0.15, 0.2) is 35.8 Å². The average Bonchev–Trinajstić information content (AvgIpc) is 3.98. The van der Waals surface area contributed by atoms with Crippen LogP contribution in [0.5, 0.6) is 5.88 Å². The van der Waals surface area contributed by atoms with Gasteiger partial charge in [-0.3, -0.25) is 24.2 Å². The molecule has 1 aliphatic heterocycles. The number of ketones is 1. The van der Waals surface area contributed by atoms with Crippen LogP contribution in [0.4, 0.5) is 4.79 Å². The third kappa shape index (κ3) is 9.22. The van der Waals surface area contributed by atoms with Crippen LogP contribution in [0.3, 0.4) is 0 Å². The molecule has 15 heteroatoms. The number of carbonyl (C=O) groups is 5. The zero-order valence-corrected chi connectivity index (χ0v) is 31.3. The second kappa shape index (κ2) is 14.8. The highest BCUT2D eigenvalue weighted by molar-refractivity contribution is 7.16. The first kappa shape index (κ1) is 37.1. The lowest BCUT2D eigenvalue weighted by atomic mass is 9.85. The molecular formula is C37H48N8O6S. The predicted molar refractivity (Wildman–Crippen MR) is 195 cm³/mol. The van der Waals surface area contributed by atoms with E-state index in [1.54, 1.807) is 18.3 Å². The Morgan fingerprint density at radius 2 is 1.73 bits per heavy atom. The molecule has 6 rings (SSSR count). The fourth-order valence-corrected chi connectivity index (χ4v) is 6.97. The number of likely N-dealkylation sites (tertiary alicyclic amines) is 1. The van der Waals surface area contributed by atoms with Gasteiger partial charge in [-0.05, 0) is 74.9 Å². The molecule has 3 aromatic heterocycles. The molecule has 4 atom stereocenters. The molecular weight excluding hydrogens is 685 g/mol. The standard InChI is InChI=1S/C37H48N8O6S/c1-36(2,3)28(41-35(50)44-37(4,5)6)34(49)45-19-22(51-32-23-14-16-52-33(23)43-29(42-32)24-9-7-8-15-38-24)18-26(45)30(47)40-25(17-20-10-11-20)27(46)31(48)39-21-12-13-21/h7-9,14-16,20-22,25-26,28H,10-13,17-19H2,1-6H3,(H,39,48)(H,40,47)(H2,41,44,50)/t22-,25+,26+,28-/m1/s1. The van der Waals surface area contributed by atoms with Crippen LogP contribution < -0.4 is 26.0 Å². The highest BCUT2D eigenvalue weighted by Gasteiger charge is 2.47. The fraction of sp³-hybridized carbons (Fsp3) is 0.568. The van der Waals surface area contributed by atoms with Crippen LogP contribution >= 0.6 is 11.3 Å². The van der Waals surface area contributed by atoms with Gasteiger partial charge in [0.15, 0.2) is 5.82 Å². The maximum atomic E-state index is 14.5. The number of amides is 5. The number of carbonyl (C=O) groups excluding carboxylic acids is 5. The number of ether oxygens (including phenoxy) is 1. The molecule has 278 valence electrons. The lowest BCUT2D eigenvalue weighted by Crippen LogP contribution is -2.61. The van der Waals surface area contributed by atoms with E-state index in [4.69, 9.17) is 9.72 Å². The van der Waals surface area contributed by atoms with Crippen molar-refractivity contribution in [3.8, 4) is 17.4 Å². The number of pyridine rings is 1. The van der Waals surface area contributed by atoms with Gasteiger partial charge in [-0.15, -0.1) is 11.3 Å². The Kier molecular flexibility index (Phi) is 10.5. The molecule has 5 amide bonds. The quantitative estimate of drug-likeness (QED) is 0.202. The highest BCUT2D eigenvalue weighted by atomic mass is 32.1. The van der Waals surface area contributed by atoms with E-state index in [0.717, 1.165) is 25.7 Å². The molecule has 4 heterocycles. The first-order chi connectivity index (χ1) is 24.6. The number of hydrogen-bond donors (Lipinski definition) is 4. The van der Waals surface area contributed by atoms with E-state index in [1.807, 2.05) is 59.1 Å². The summed E-state index contributed by atoms with van der Waals surface area (Å²) in [5.41, 5.74) is -0.740. The minimum Gasteiger partial charge on any atom is -0.472 e. The van der Waals surface area contributed by atoms with E-state index in [-0.39, 0.29) is 24.9 Å². The van der Waals surface area contributed by atoms with Crippen LogP contribution in [-0.2, 0) is 19.2 Å². The molecule has 14 nitrogen and oxygen atoms in total. The number of fused-ring (bicyclic) bond motifs is 1. The van der Waals surface area contributed by atoms with E-state index in [0.29, 0.717) is 34.0 Å². The van der Waals surface area contributed by atoms with Gasteiger partial charge in [0, 0.05) is 24.2 Å². The summed E-state index contributed by atoms with van der Waals surface area (Å²) in [4.78, 5) is 83.9. The molecule has 0 unspecified atom stereocenters. The maximum Gasteiger partial charge on any atom is 0.315 e. The Balaban J connectivity index is 1.29. The van der Waals surface area contributed by atoms with Gasteiger partial charge in [-0.1, -0.05) is 39.7 Å². The van der Waals surface area contributed by atoms with Gasteiger partial charge in [0.05, 0.1) is 18.0 Å². The second-order valence-electron chi connectivity index (χ2n) is 16.2. The van der Waals surface area contributed by atoms with E-state index in [1.165, 1.54) is 16.2 Å². The Morgan fingerprint density at radius 1 is 0.981 bits per heavy atom. The Morgan fingerprint density at radius 3 is 2.37 bits per heavy atom. The Hall–Kier alpha value is -4.66. The summed E-state index contributed by atoms with van der Waals surface area (Å²) in [5, 5.41) is 13.8. The zero-order valence-electron chi connectivity index (χ0n) is 30.5. The van der Waals surface area contributed by atoms with Crippen molar-refractivity contribution in [2.45, 2.75) is 116 Å². The number of nitrogens with zero attached hydrogens (tertiary/aromatic N) is 4. The minimum atomic E-state index is -1.06. The first-order valence-electron chi connectivity index (χ1n) is 17.9. The van der Waals surface area contributed by atoms with Crippen molar-refractivity contribution in [3.05, 3.63) is 35.8 Å².